The lowest BCUT2D eigenvalue weighted by atomic mass is 10.1. The van der Waals surface area contributed by atoms with Crippen molar-refractivity contribution in [3.8, 4) is 0 Å². The van der Waals surface area contributed by atoms with Gasteiger partial charge in [-0.15, -0.1) is 0 Å². The molecule has 14 heavy (non-hydrogen) atoms. The van der Waals surface area contributed by atoms with Gasteiger partial charge in [-0.25, -0.2) is 0 Å². The lowest BCUT2D eigenvalue weighted by Gasteiger charge is -1.97. The van der Waals surface area contributed by atoms with Crippen LogP contribution in [0.25, 0.3) is 0 Å². The molecule has 0 saturated heterocycles. The second-order valence-corrected chi connectivity index (χ2v) is 3.89. The fraction of sp³-hybridized carbons (Fsp3) is 0.714. The maximum absolute atomic E-state index is 3.11. The summed E-state index contributed by atoms with van der Waals surface area (Å²) >= 11 is 0. The molecule has 0 rings (SSSR count). The highest BCUT2D eigenvalue weighted by Crippen LogP contribution is 2.07. The molecule has 0 aromatic heterocycles. The van der Waals surface area contributed by atoms with Crippen molar-refractivity contribution in [2.45, 2.75) is 65.7 Å². The van der Waals surface area contributed by atoms with E-state index in [2.05, 4.69) is 32.1 Å². The summed E-state index contributed by atoms with van der Waals surface area (Å²) in [5.74, 6) is 0. The van der Waals surface area contributed by atoms with Crippen molar-refractivity contribution >= 4 is 0 Å². The third kappa shape index (κ3) is 9.57. The molecule has 0 aromatic carbocycles. The normalized spacial score (nSPS) is 12.6. The van der Waals surface area contributed by atoms with Gasteiger partial charge in [0.1, 0.15) is 0 Å². The average Bonchev–Trinajstić information content (AvgIpc) is 2.21. The molecular formula is C14H25. The maximum Gasteiger partial charge on any atom is -0.0348 e. The zero-order valence-corrected chi connectivity index (χ0v) is 10.1. The van der Waals surface area contributed by atoms with Gasteiger partial charge in [-0.05, 0) is 38.3 Å². The van der Waals surface area contributed by atoms with Crippen molar-refractivity contribution in [3.63, 3.8) is 0 Å². The maximum atomic E-state index is 3.11. The Kier molecular flexibility index (Phi) is 10.2. The third-order valence-corrected chi connectivity index (χ3v) is 2.49. The summed E-state index contributed by atoms with van der Waals surface area (Å²) in [5.41, 5.74) is 1.25. The van der Waals surface area contributed by atoms with Crippen LogP contribution in [0.15, 0.2) is 17.7 Å². The fourth-order valence-electron chi connectivity index (χ4n) is 1.39. The molecule has 0 N–H and O–H groups in total. The van der Waals surface area contributed by atoms with Gasteiger partial charge in [0, 0.05) is 0 Å². The van der Waals surface area contributed by atoms with Crippen molar-refractivity contribution in [2.75, 3.05) is 0 Å². The van der Waals surface area contributed by atoms with Gasteiger partial charge < -0.3 is 0 Å². The van der Waals surface area contributed by atoms with Crippen LogP contribution in [-0.4, -0.2) is 0 Å². The Hall–Kier alpha value is -0.520. The first-order valence-corrected chi connectivity index (χ1v) is 5.99. The Labute approximate surface area is 90.1 Å². The zero-order chi connectivity index (χ0) is 10.6. The van der Waals surface area contributed by atoms with Gasteiger partial charge in [0.15, 0.2) is 0 Å². The third-order valence-electron chi connectivity index (χ3n) is 2.49. The second kappa shape index (κ2) is 10.6. The number of allylic oxidation sites excluding steroid dienone is 4. The number of unbranched alkanes of at least 4 members (excludes halogenated alkanes) is 6. The summed E-state index contributed by atoms with van der Waals surface area (Å²) in [7, 11) is 0. The lowest BCUT2D eigenvalue weighted by molar-refractivity contribution is 0.611. The number of hydrogen-bond donors (Lipinski definition) is 0. The summed E-state index contributed by atoms with van der Waals surface area (Å²) in [4.78, 5) is 0. The van der Waals surface area contributed by atoms with E-state index in [1.54, 1.807) is 0 Å². The van der Waals surface area contributed by atoms with Crippen LogP contribution in [0.3, 0.4) is 0 Å². The van der Waals surface area contributed by atoms with E-state index in [0.717, 1.165) is 0 Å². The Balaban J connectivity index is 3.17. The molecular weight excluding hydrogens is 168 g/mol. The van der Waals surface area contributed by atoms with E-state index in [1.165, 1.54) is 50.5 Å². The average molecular weight is 193 g/mol. The number of rotatable bonds is 8. The van der Waals surface area contributed by atoms with Gasteiger partial charge in [0.25, 0.3) is 0 Å². The van der Waals surface area contributed by atoms with Crippen molar-refractivity contribution in [1.82, 2.24) is 0 Å². The van der Waals surface area contributed by atoms with E-state index in [9.17, 15) is 0 Å². The molecule has 0 unspecified atom stereocenters. The summed E-state index contributed by atoms with van der Waals surface area (Å²) in [6.45, 7) is 6.32. The van der Waals surface area contributed by atoms with Gasteiger partial charge in [-0.2, -0.15) is 0 Å². The molecule has 0 spiro atoms. The topological polar surface area (TPSA) is 0 Å². The summed E-state index contributed by atoms with van der Waals surface area (Å²) in [6.07, 6.45) is 17.1. The first kappa shape index (κ1) is 13.5. The molecule has 0 aliphatic carbocycles. The molecule has 0 atom stereocenters. The van der Waals surface area contributed by atoms with Crippen LogP contribution < -0.4 is 0 Å². The summed E-state index contributed by atoms with van der Waals surface area (Å²) < 4.78 is 0. The van der Waals surface area contributed by atoms with Gasteiger partial charge >= 0.3 is 0 Å². The van der Waals surface area contributed by atoms with Crippen LogP contribution in [0.2, 0.25) is 0 Å². The van der Waals surface area contributed by atoms with Crippen molar-refractivity contribution in [3.05, 3.63) is 23.8 Å². The number of hydrogen-bond acceptors (Lipinski definition) is 0. The Bertz CT molecular complexity index is 163. The SMILES string of the molecule is C/[C]=C(C)\C=C\CCCCCCCC. The zero-order valence-electron chi connectivity index (χ0n) is 10.1. The van der Waals surface area contributed by atoms with E-state index >= 15 is 0 Å². The van der Waals surface area contributed by atoms with E-state index < -0.39 is 0 Å². The predicted octanol–water partition coefficient (Wildman–Crippen LogP) is 5.06. The molecule has 0 aliphatic rings. The van der Waals surface area contributed by atoms with Crippen molar-refractivity contribution < 1.29 is 0 Å². The molecule has 81 valence electrons. The predicted molar refractivity (Wildman–Crippen MR) is 65.2 cm³/mol. The Morgan fingerprint density at radius 1 is 1.07 bits per heavy atom. The molecule has 0 heterocycles. The van der Waals surface area contributed by atoms with Crippen molar-refractivity contribution in [1.29, 1.82) is 0 Å². The van der Waals surface area contributed by atoms with Crippen LogP contribution in [0.5, 0.6) is 0 Å². The lowest BCUT2D eigenvalue weighted by Crippen LogP contribution is -1.77. The van der Waals surface area contributed by atoms with Gasteiger partial charge in [-0.1, -0.05) is 51.2 Å². The highest BCUT2D eigenvalue weighted by molar-refractivity contribution is 5.11. The molecule has 0 fully saturated rings. The molecule has 1 radical (unpaired) electrons. The molecule has 0 heteroatoms. The highest BCUT2D eigenvalue weighted by atomic mass is 13.9. The molecule has 0 nitrogen and oxygen atoms in total. The minimum atomic E-state index is 1.23. The van der Waals surface area contributed by atoms with Crippen LogP contribution in [0.1, 0.15) is 65.7 Å². The molecule has 0 bridgehead atoms. The quantitative estimate of drug-likeness (QED) is 0.373. The largest absolute Gasteiger partial charge is 0.0843 e. The Morgan fingerprint density at radius 3 is 2.36 bits per heavy atom. The van der Waals surface area contributed by atoms with Crippen LogP contribution >= 0.6 is 0 Å². The molecule has 0 saturated carbocycles. The smallest absolute Gasteiger partial charge is 0.0348 e. The first-order chi connectivity index (χ1) is 6.81. The van der Waals surface area contributed by atoms with E-state index in [1.807, 2.05) is 6.92 Å². The molecule has 0 aromatic rings. The van der Waals surface area contributed by atoms with Gasteiger partial charge in [-0.3, -0.25) is 0 Å². The molecule has 0 amide bonds. The van der Waals surface area contributed by atoms with Crippen molar-refractivity contribution in [2.24, 2.45) is 0 Å². The summed E-state index contributed by atoms with van der Waals surface area (Å²) in [6, 6.07) is 0. The minimum Gasteiger partial charge on any atom is -0.0843 e. The fourth-order valence-corrected chi connectivity index (χ4v) is 1.39. The van der Waals surface area contributed by atoms with Crippen LogP contribution in [-0.2, 0) is 0 Å². The Morgan fingerprint density at radius 2 is 1.71 bits per heavy atom. The van der Waals surface area contributed by atoms with Crippen LogP contribution in [0, 0.1) is 6.08 Å². The first-order valence-electron chi connectivity index (χ1n) is 5.99. The summed E-state index contributed by atoms with van der Waals surface area (Å²) in [5, 5.41) is 0. The van der Waals surface area contributed by atoms with Crippen LogP contribution in [0.4, 0.5) is 0 Å². The second-order valence-electron chi connectivity index (χ2n) is 3.89. The highest BCUT2D eigenvalue weighted by Gasteiger charge is 1.87. The molecule has 0 aliphatic heterocycles. The van der Waals surface area contributed by atoms with Gasteiger partial charge in [0.05, 0.1) is 0 Å². The monoisotopic (exact) mass is 193 g/mol. The van der Waals surface area contributed by atoms with Gasteiger partial charge in [0.2, 0.25) is 0 Å². The standard InChI is InChI=1S/C14H25/c1-4-6-7-8-9-10-11-12-13-14(3)5-2/h12-13H,4,6-11H2,1-3H3/b13-12+,14-5?. The van der Waals surface area contributed by atoms with E-state index in [4.69, 9.17) is 0 Å². The minimum absolute atomic E-state index is 1.23. The van der Waals surface area contributed by atoms with E-state index in [-0.39, 0.29) is 0 Å². The van der Waals surface area contributed by atoms with E-state index in [0.29, 0.717) is 0 Å².